The molecule has 3 rings (SSSR count). The lowest BCUT2D eigenvalue weighted by Gasteiger charge is -2.00. The van der Waals surface area contributed by atoms with E-state index in [9.17, 15) is 21.0 Å². The van der Waals surface area contributed by atoms with Gasteiger partial charge in [-0.3, -0.25) is 0 Å². The summed E-state index contributed by atoms with van der Waals surface area (Å²) in [6, 6.07) is 7.75. The number of thiophene rings is 2. The molecule has 0 spiro atoms. The third-order valence-corrected chi connectivity index (χ3v) is 4.84. The van der Waals surface area contributed by atoms with Gasteiger partial charge in [-0.2, -0.15) is 43.7 Å². The molecule has 0 radical (unpaired) electrons. The van der Waals surface area contributed by atoms with Crippen molar-refractivity contribution >= 4 is 55.4 Å². The summed E-state index contributed by atoms with van der Waals surface area (Å²) in [6.45, 7) is 0. The van der Waals surface area contributed by atoms with Crippen LogP contribution in [-0.2, 0) is 0 Å². The van der Waals surface area contributed by atoms with Gasteiger partial charge >= 0.3 is 0 Å². The van der Waals surface area contributed by atoms with Crippen molar-refractivity contribution in [1.82, 2.24) is 0 Å². The van der Waals surface area contributed by atoms with Crippen LogP contribution in [-0.4, -0.2) is 0 Å². The number of nitriles is 4. The Hall–Kier alpha value is -3.16. The Balaban J connectivity index is 2.89. The highest BCUT2D eigenvalue weighted by molar-refractivity contribution is 7.10. The molecule has 0 fully saturated rings. The van der Waals surface area contributed by atoms with Gasteiger partial charge in [0.15, 0.2) is 0 Å². The minimum absolute atomic E-state index is 0.0359. The number of hydrogen-bond acceptors (Lipinski definition) is 6. The summed E-state index contributed by atoms with van der Waals surface area (Å²) in [7, 11) is 0. The van der Waals surface area contributed by atoms with Crippen molar-refractivity contribution in [1.29, 1.82) is 21.0 Å². The molecule has 0 saturated carbocycles. The van der Waals surface area contributed by atoms with E-state index >= 15 is 0 Å². The normalized spacial score (nSPS) is 9.64. The summed E-state index contributed by atoms with van der Waals surface area (Å²) in [5.41, 5.74) is 0.0719. The maximum Gasteiger partial charge on any atom is 0.138 e. The van der Waals surface area contributed by atoms with E-state index in [1.54, 1.807) is 0 Å². The topological polar surface area (TPSA) is 95.2 Å². The van der Waals surface area contributed by atoms with E-state index < -0.39 is 0 Å². The van der Waals surface area contributed by atoms with Crippen molar-refractivity contribution < 1.29 is 0 Å². The lowest BCUT2D eigenvalue weighted by atomic mass is 9.99. The van der Waals surface area contributed by atoms with E-state index in [1.165, 1.54) is 22.7 Å². The number of hydrogen-bond donors (Lipinski definition) is 0. The monoisotopic (exact) mass is 316 g/mol. The summed E-state index contributed by atoms with van der Waals surface area (Å²) in [4.78, 5) is 0. The van der Waals surface area contributed by atoms with E-state index in [0.717, 1.165) is 21.5 Å². The van der Waals surface area contributed by atoms with Gasteiger partial charge in [-0.15, -0.1) is 0 Å². The Kier molecular flexibility index (Phi) is 3.34. The second-order valence-corrected chi connectivity index (χ2v) is 5.83. The molecule has 0 aliphatic carbocycles. The molecule has 22 heavy (non-hydrogen) atoms. The minimum Gasteiger partial charge on any atom is -0.192 e. The number of rotatable bonds is 0. The first-order chi connectivity index (χ1) is 10.8. The molecule has 0 aliphatic rings. The fourth-order valence-electron chi connectivity index (χ4n) is 2.47. The molecule has 0 atom stereocenters. The fourth-order valence-corrected chi connectivity index (χ4v) is 4.13. The minimum atomic E-state index is 0.0359. The van der Waals surface area contributed by atoms with Gasteiger partial charge in [0.05, 0.1) is 0 Å². The van der Waals surface area contributed by atoms with Gasteiger partial charge in [0.2, 0.25) is 0 Å². The standard InChI is InChI=1S/C16H4N4S2/c17-1-9(2-18)15-11-5-21-7-13(11)16(10(3-19)4-20)14-8-22-6-12(14)15/h5-8H. The van der Waals surface area contributed by atoms with Crippen LogP contribution in [0.5, 0.6) is 0 Å². The summed E-state index contributed by atoms with van der Waals surface area (Å²) in [5, 5.41) is 48.4. The molecule has 0 N–H and O–H groups in total. The molecular formula is C16H4N4S2. The third-order valence-electron chi connectivity index (χ3n) is 3.35. The molecule has 100 valence electrons. The van der Waals surface area contributed by atoms with Crippen LogP contribution in [0, 0.1) is 45.3 Å². The predicted octanol–water partition coefficient (Wildman–Crippen LogP) is 2.51. The molecule has 0 unspecified atom stereocenters. The van der Waals surface area contributed by atoms with Crippen LogP contribution in [0.2, 0.25) is 0 Å². The fraction of sp³-hybridized carbons (Fsp3) is 0. The van der Waals surface area contributed by atoms with E-state index in [0.29, 0.717) is 10.4 Å². The maximum absolute atomic E-state index is 9.23. The smallest absolute Gasteiger partial charge is 0.138 e. The molecule has 3 aromatic rings. The number of benzene rings is 1. The predicted molar refractivity (Wildman–Crippen MR) is 85.7 cm³/mol. The van der Waals surface area contributed by atoms with Crippen LogP contribution in [0.15, 0.2) is 21.5 Å². The van der Waals surface area contributed by atoms with Crippen LogP contribution in [0.4, 0.5) is 0 Å². The summed E-state index contributed by atoms with van der Waals surface area (Å²) in [5.74, 6) is 0. The van der Waals surface area contributed by atoms with Gasteiger partial charge < -0.3 is 0 Å². The van der Waals surface area contributed by atoms with Gasteiger partial charge in [0.1, 0.15) is 35.4 Å². The molecule has 0 amide bonds. The van der Waals surface area contributed by atoms with Gasteiger partial charge in [-0.25, -0.2) is 0 Å². The Morgan fingerprint density at radius 2 is 0.864 bits per heavy atom. The van der Waals surface area contributed by atoms with Gasteiger partial charge in [-0.05, 0) is 21.5 Å². The average molecular weight is 316 g/mol. The van der Waals surface area contributed by atoms with Crippen LogP contribution in [0.1, 0.15) is 0 Å². The first-order valence-electron chi connectivity index (χ1n) is 5.99. The molecule has 1 aromatic carbocycles. The molecule has 0 aliphatic heterocycles. The van der Waals surface area contributed by atoms with Crippen molar-refractivity contribution in [2.75, 3.05) is 0 Å². The number of fused-ring (bicyclic) bond motifs is 2. The van der Waals surface area contributed by atoms with Crippen LogP contribution in [0.25, 0.3) is 32.7 Å². The highest BCUT2D eigenvalue weighted by Crippen LogP contribution is 2.21. The average Bonchev–Trinajstić information content (AvgIpc) is 3.19. The Labute approximate surface area is 132 Å². The second kappa shape index (κ2) is 5.32. The van der Waals surface area contributed by atoms with Crippen LogP contribution >= 0.6 is 22.7 Å². The lowest BCUT2D eigenvalue weighted by molar-refractivity contribution is 1.50. The van der Waals surface area contributed by atoms with E-state index in [4.69, 9.17) is 0 Å². The molecule has 2 aromatic heterocycles. The molecule has 4 nitrogen and oxygen atoms in total. The third kappa shape index (κ3) is 1.77. The summed E-state index contributed by atoms with van der Waals surface area (Å²) >= 11 is 2.82. The lowest BCUT2D eigenvalue weighted by Crippen LogP contribution is -2.16. The van der Waals surface area contributed by atoms with Crippen molar-refractivity contribution in [3.8, 4) is 24.3 Å². The zero-order valence-electron chi connectivity index (χ0n) is 10.9. The first-order valence-corrected chi connectivity index (χ1v) is 7.88. The SMILES string of the molecule is N#CC(C#N)=c1c2cscc2c(=C(C#N)C#N)c2cscc12. The highest BCUT2D eigenvalue weighted by atomic mass is 32.1. The molecule has 2 heterocycles. The van der Waals surface area contributed by atoms with E-state index in [2.05, 4.69) is 0 Å². The Morgan fingerprint density at radius 1 is 0.591 bits per heavy atom. The largest absolute Gasteiger partial charge is 0.192 e. The first kappa shape index (κ1) is 13.8. The van der Waals surface area contributed by atoms with E-state index in [1.807, 2.05) is 45.8 Å². The summed E-state index contributed by atoms with van der Waals surface area (Å²) < 4.78 is 0. The van der Waals surface area contributed by atoms with Crippen LogP contribution < -0.4 is 10.4 Å². The van der Waals surface area contributed by atoms with Crippen molar-refractivity contribution in [3.05, 3.63) is 32.0 Å². The number of nitrogens with zero attached hydrogens (tertiary/aromatic N) is 4. The Morgan fingerprint density at radius 3 is 1.09 bits per heavy atom. The van der Waals surface area contributed by atoms with Gasteiger partial charge in [-0.1, -0.05) is 0 Å². The zero-order chi connectivity index (χ0) is 15.7. The van der Waals surface area contributed by atoms with Gasteiger partial charge in [0.25, 0.3) is 0 Å². The van der Waals surface area contributed by atoms with Crippen molar-refractivity contribution in [3.63, 3.8) is 0 Å². The summed E-state index contributed by atoms with van der Waals surface area (Å²) in [6.07, 6.45) is 0. The molecule has 0 saturated heterocycles. The quantitative estimate of drug-likeness (QED) is 0.636. The van der Waals surface area contributed by atoms with Crippen LogP contribution in [0.3, 0.4) is 0 Å². The molecule has 0 bridgehead atoms. The second-order valence-electron chi connectivity index (χ2n) is 4.35. The van der Waals surface area contributed by atoms with Crippen molar-refractivity contribution in [2.24, 2.45) is 0 Å². The zero-order valence-corrected chi connectivity index (χ0v) is 12.5. The van der Waals surface area contributed by atoms with Gasteiger partial charge in [0, 0.05) is 32.0 Å². The highest BCUT2D eigenvalue weighted by Gasteiger charge is 2.13. The molecular weight excluding hydrogens is 312 g/mol. The Bertz CT molecular complexity index is 1030. The van der Waals surface area contributed by atoms with Crippen molar-refractivity contribution in [2.45, 2.75) is 0 Å². The maximum atomic E-state index is 9.23. The molecule has 6 heteroatoms. The van der Waals surface area contributed by atoms with E-state index in [-0.39, 0.29) is 11.1 Å².